The number of carbonyl (C=O) groups is 1. The number of sulfone groups is 1. The number of amides is 1. The van der Waals surface area contributed by atoms with Crippen LogP contribution >= 0.6 is 0 Å². The first-order valence-electron chi connectivity index (χ1n) is 9.04. The van der Waals surface area contributed by atoms with Crippen molar-refractivity contribution in [2.75, 3.05) is 11.1 Å². The molecule has 2 aliphatic carbocycles. The zero-order chi connectivity index (χ0) is 18.3. The van der Waals surface area contributed by atoms with Crippen LogP contribution in [0, 0.1) is 6.92 Å². The molecular formula is C19H22N2O4S. The summed E-state index contributed by atoms with van der Waals surface area (Å²) < 4.78 is 30.5. The standard InChI is InChI=1S/C19H22N2O4S/c1-12-18(19(25-21-12)14-5-6-14)20-17(22)9-10-26(23,24)16-8-7-13-3-2-4-15(13)11-16/h7-8,11,14H,2-6,9-10H2,1H3,(H,20,22). The first kappa shape index (κ1) is 17.3. The molecule has 1 heterocycles. The Labute approximate surface area is 152 Å². The summed E-state index contributed by atoms with van der Waals surface area (Å²) in [6, 6.07) is 5.33. The van der Waals surface area contributed by atoms with Gasteiger partial charge in [-0.25, -0.2) is 8.42 Å². The lowest BCUT2D eigenvalue weighted by molar-refractivity contribution is -0.115. The highest BCUT2D eigenvalue weighted by atomic mass is 32.2. The third-order valence-electron chi connectivity index (χ3n) is 5.13. The Bertz CT molecular complexity index is 958. The number of carbonyl (C=O) groups excluding carboxylic acids is 1. The summed E-state index contributed by atoms with van der Waals surface area (Å²) in [4.78, 5) is 12.6. The monoisotopic (exact) mass is 374 g/mol. The second-order valence-corrected chi connectivity index (χ2v) is 9.29. The largest absolute Gasteiger partial charge is 0.359 e. The van der Waals surface area contributed by atoms with Crippen LogP contribution in [-0.4, -0.2) is 25.2 Å². The molecular weight excluding hydrogens is 352 g/mol. The third kappa shape index (κ3) is 3.40. The summed E-state index contributed by atoms with van der Waals surface area (Å²) in [5, 5.41) is 6.70. The van der Waals surface area contributed by atoms with Crippen LogP contribution in [0.15, 0.2) is 27.6 Å². The van der Waals surface area contributed by atoms with Crippen molar-refractivity contribution < 1.29 is 17.7 Å². The minimum absolute atomic E-state index is 0.0891. The van der Waals surface area contributed by atoms with Crippen molar-refractivity contribution >= 4 is 21.4 Å². The Morgan fingerprint density at radius 2 is 2.04 bits per heavy atom. The van der Waals surface area contributed by atoms with Gasteiger partial charge in [0.1, 0.15) is 11.4 Å². The SMILES string of the molecule is Cc1noc(C2CC2)c1NC(=O)CCS(=O)(=O)c1ccc2c(c1)CCC2. The van der Waals surface area contributed by atoms with Crippen LogP contribution in [0.4, 0.5) is 5.69 Å². The number of hydrogen-bond acceptors (Lipinski definition) is 5. The maximum Gasteiger partial charge on any atom is 0.225 e. The van der Waals surface area contributed by atoms with Crippen LogP contribution in [-0.2, 0) is 27.5 Å². The number of rotatable bonds is 6. The summed E-state index contributed by atoms with van der Waals surface area (Å²) in [7, 11) is -3.48. The van der Waals surface area contributed by atoms with Gasteiger partial charge >= 0.3 is 0 Å². The molecule has 2 aliphatic rings. The molecule has 1 amide bonds. The minimum atomic E-state index is -3.48. The van der Waals surface area contributed by atoms with E-state index >= 15 is 0 Å². The number of nitrogens with zero attached hydrogens (tertiary/aromatic N) is 1. The van der Waals surface area contributed by atoms with Gasteiger partial charge in [-0.2, -0.15) is 0 Å². The number of aromatic nitrogens is 1. The molecule has 0 bridgehead atoms. The first-order chi connectivity index (χ1) is 12.4. The maximum atomic E-state index is 12.6. The van der Waals surface area contributed by atoms with Crippen LogP contribution in [0.1, 0.15) is 54.2 Å². The zero-order valence-corrected chi connectivity index (χ0v) is 15.6. The van der Waals surface area contributed by atoms with Crippen LogP contribution in [0.2, 0.25) is 0 Å². The van der Waals surface area contributed by atoms with Gasteiger partial charge in [-0.1, -0.05) is 11.2 Å². The quantitative estimate of drug-likeness (QED) is 0.839. The average Bonchev–Trinajstić information content (AvgIpc) is 3.24. The molecule has 26 heavy (non-hydrogen) atoms. The number of benzene rings is 1. The molecule has 0 aliphatic heterocycles. The predicted molar refractivity (Wildman–Crippen MR) is 97.0 cm³/mol. The molecule has 7 heteroatoms. The summed E-state index contributed by atoms with van der Waals surface area (Å²) in [5.74, 6) is 0.489. The highest BCUT2D eigenvalue weighted by molar-refractivity contribution is 7.91. The maximum absolute atomic E-state index is 12.6. The van der Waals surface area contributed by atoms with Crippen LogP contribution in [0.3, 0.4) is 0 Å². The van der Waals surface area contributed by atoms with E-state index in [1.807, 2.05) is 6.07 Å². The number of fused-ring (bicyclic) bond motifs is 1. The topological polar surface area (TPSA) is 89.3 Å². The van der Waals surface area contributed by atoms with Crippen molar-refractivity contribution in [3.05, 3.63) is 40.8 Å². The Morgan fingerprint density at radius 1 is 1.27 bits per heavy atom. The van der Waals surface area contributed by atoms with Gasteiger partial charge in [-0.3, -0.25) is 4.79 Å². The molecule has 0 saturated heterocycles. The summed E-state index contributed by atoms with van der Waals surface area (Å²) in [5.41, 5.74) is 3.58. The number of nitrogens with one attached hydrogen (secondary N) is 1. The molecule has 6 nitrogen and oxygen atoms in total. The Kier molecular flexibility index (Phi) is 4.34. The van der Waals surface area contributed by atoms with Gasteiger partial charge in [0.2, 0.25) is 5.91 Å². The molecule has 1 fully saturated rings. The molecule has 2 aromatic rings. The van der Waals surface area contributed by atoms with E-state index in [0.29, 0.717) is 28.0 Å². The van der Waals surface area contributed by atoms with Gasteiger partial charge in [0.15, 0.2) is 15.6 Å². The van der Waals surface area contributed by atoms with Gasteiger partial charge < -0.3 is 9.84 Å². The smallest absolute Gasteiger partial charge is 0.225 e. The van der Waals surface area contributed by atoms with Crippen molar-refractivity contribution in [2.45, 2.75) is 56.3 Å². The molecule has 0 unspecified atom stereocenters. The molecule has 1 aromatic heterocycles. The number of aryl methyl sites for hydroxylation is 3. The second-order valence-electron chi connectivity index (χ2n) is 7.18. The van der Waals surface area contributed by atoms with Crippen molar-refractivity contribution in [1.82, 2.24) is 5.16 Å². The van der Waals surface area contributed by atoms with E-state index in [4.69, 9.17) is 4.52 Å². The fraction of sp³-hybridized carbons (Fsp3) is 0.474. The van der Waals surface area contributed by atoms with Gasteiger partial charge in [-0.15, -0.1) is 0 Å². The number of anilines is 1. The molecule has 1 saturated carbocycles. The molecule has 1 aromatic carbocycles. The fourth-order valence-corrected chi connectivity index (χ4v) is 4.74. The highest BCUT2D eigenvalue weighted by Gasteiger charge is 2.32. The highest BCUT2D eigenvalue weighted by Crippen LogP contribution is 2.44. The van der Waals surface area contributed by atoms with Gasteiger partial charge in [0.05, 0.1) is 10.6 Å². The van der Waals surface area contributed by atoms with E-state index in [0.717, 1.165) is 37.7 Å². The van der Waals surface area contributed by atoms with Crippen molar-refractivity contribution in [3.8, 4) is 0 Å². The van der Waals surface area contributed by atoms with E-state index in [9.17, 15) is 13.2 Å². The van der Waals surface area contributed by atoms with Gasteiger partial charge in [0, 0.05) is 12.3 Å². The van der Waals surface area contributed by atoms with E-state index in [1.165, 1.54) is 5.56 Å². The van der Waals surface area contributed by atoms with Crippen molar-refractivity contribution in [2.24, 2.45) is 0 Å². The van der Waals surface area contributed by atoms with Crippen LogP contribution in [0.25, 0.3) is 0 Å². The Hall–Kier alpha value is -2.15. The summed E-state index contributed by atoms with van der Waals surface area (Å²) in [6.07, 6.45) is 4.99. The van der Waals surface area contributed by atoms with Crippen LogP contribution < -0.4 is 5.32 Å². The van der Waals surface area contributed by atoms with Crippen LogP contribution in [0.5, 0.6) is 0 Å². The zero-order valence-electron chi connectivity index (χ0n) is 14.7. The van der Waals surface area contributed by atoms with Gasteiger partial charge in [0.25, 0.3) is 0 Å². The second kappa shape index (κ2) is 6.54. The first-order valence-corrected chi connectivity index (χ1v) is 10.7. The molecule has 0 spiro atoms. The fourth-order valence-electron chi connectivity index (χ4n) is 3.45. The molecule has 0 radical (unpaired) electrons. The molecule has 1 N–H and O–H groups in total. The normalized spacial score (nSPS) is 16.5. The molecule has 0 atom stereocenters. The van der Waals surface area contributed by atoms with Crippen molar-refractivity contribution in [1.29, 1.82) is 0 Å². The lowest BCUT2D eigenvalue weighted by Crippen LogP contribution is -2.18. The number of hydrogen-bond donors (Lipinski definition) is 1. The summed E-state index contributed by atoms with van der Waals surface area (Å²) >= 11 is 0. The minimum Gasteiger partial charge on any atom is -0.359 e. The van der Waals surface area contributed by atoms with Crippen molar-refractivity contribution in [3.63, 3.8) is 0 Å². The Balaban J connectivity index is 1.42. The molecule has 138 valence electrons. The average molecular weight is 374 g/mol. The Morgan fingerprint density at radius 3 is 2.81 bits per heavy atom. The lowest BCUT2D eigenvalue weighted by Gasteiger charge is -2.08. The summed E-state index contributed by atoms with van der Waals surface area (Å²) in [6.45, 7) is 1.77. The van der Waals surface area contributed by atoms with E-state index in [1.54, 1.807) is 19.1 Å². The van der Waals surface area contributed by atoms with E-state index in [2.05, 4.69) is 10.5 Å². The van der Waals surface area contributed by atoms with E-state index in [-0.39, 0.29) is 18.1 Å². The predicted octanol–water partition coefficient (Wildman–Crippen LogP) is 3.15. The third-order valence-corrected chi connectivity index (χ3v) is 6.84. The van der Waals surface area contributed by atoms with Gasteiger partial charge in [-0.05, 0) is 62.3 Å². The van der Waals surface area contributed by atoms with E-state index < -0.39 is 9.84 Å². The molecule has 4 rings (SSSR count). The lowest BCUT2D eigenvalue weighted by atomic mass is 10.1.